The van der Waals surface area contributed by atoms with Gasteiger partial charge in [0.05, 0.1) is 0 Å². The van der Waals surface area contributed by atoms with E-state index < -0.39 is 18.0 Å². The van der Waals surface area contributed by atoms with Crippen molar-refractivity contribution in [3.05, 3.63) is 0 Å². The van der Waals surface area contributed by atoms with Crippen LogP contribution in [0.4, 0.5) is 0 Å². The maximum atomic E-state index is 11.3. The fraction of sp³-hybridized carbons (Fsp3) is 0.867. The van der Waals surface area contributed by atoms with Gasteiger partial charge in [-0.15, -0.1) is 0 Å². The average Bonchev–Trinajstić information content (AvgIpc) is 2.36. The number of hydrogen-bond acceptors (Lipinski definition) is 4. The van der Waals surface area contributed by atoms with E-state index in [4.69, 9.17) is 5.73 Å². The van der Waals surface area contributed by atoms with Gasteiger partial charge in [-0.3, -0.25) is 4.79 Å². The van der Waals surface area contributed by atoms with E-state index in [0.717, 1.165) is 19.3 Å². The van der Waals surface area contributed by atoms with Gasteiger partial charge < -0.3 is 11.9 Å². The molecule has 0 unspecified atom stereocenters. The van der Waals surface area contributed by atoms with Gasteiger partial charge in [0, 0.05) is 6.42 Å². The minimum absolute atomic E-state index is 0. The summed E-state index contributed by atoms with van der Waals surface area (Å²) in [6.45, 7) is 3.73. The predicted molar refractivity (Wildman–Crippen MR) is 77.7 cm³/mol. The summed E-state index contributed by atoms with van der Waals surface area (Å²) in [4.78, 5) is 22.3. The molecule has 0 spiro atoms. The van der Waals surface area contributed by atoms with E-state index in [9.17, 15) is 9.59 Å². The van der Waals surface area contributed by atoms with Gasteiger partial charge in [0.1, 0.15) is 6.04 Å². The second kappa shape index (κ2) is 16.1. The molecule has 0 fully saturated rings. The first kappa shape index (κ1) is 23.0. The Balaban J connectivity index is -0.00000162. The Morgan fingerprint density at radius 1 is 1.00 bits per heavy atom. The van der Waals surface area contributed by atoms with Crippen LogP contribution in [0.15, 0.2) is 0 Å². The van der Waals surface area contributed by atoms with Crippen LogP contribution in [0, 0.1) is 0 Å². The number of ether oxygens (including phenoxy) is 1. The molecule has 0 bridgehead atoms. The Morgan fingerprint density at radius 2 is 1.45 bits per heavy atom. The fourth-order valence-electron chi connectivity index (χ4n) is 1.84. The summed E-state index contributed by atoms with van der Waals surface area (Å²) in [6, 6.07) is -0.730. The molecule has 0 aromatic heterocycles. The Hall–Kier alpha value is 0.736. The van der Waals surface area contributed by atoms with Crippen molar-refractivity contribution >= 4 is 11.9 Å². The molecule has 0 saturated carbocycles. The van der Waals surface area contributed by atoms with Crippen LogP contribution in [0.2, 0.25) is 0 Å². The van der Waals surface area contributed by atoms with Crippen molar-refractivity contribution in [2.24, 2.45) is 5.73 Å². The molecule has 0 aliphatic carbocycles. The molecule has 0 aromatic carbocycles. The third-order valence-electron chi connectivity index (χ3n) is 3.07. The van der Waals surface area contributed by atoms with E-state index in [2.05, 4.69) is 11.7 Å². The first-order valence-electron chi connectivity index (χ1n) is 7.58. The molecule has 4 nitrogen and oxygen atoms in total. The number of rotatable bonds is 11. The van der Waals surface area contributed by atoms with Gasteiger partial charge in [-0.05, 0) is 13.3 Å². The molecule has 1 atom stereocenters. The number of unbranched alkanes of at least 4 members (excludes halogenated alkanes) is 8. The molecule has 0 aliphatic heterocycles. The van der Waals surface area contributed by atoms with Gasteiger partial charge in [0.15, 0.2) is 0 Å². The molecule has 0 saturated heterocycles. The van der Waals surface area contributed by atoms with Crippen LogP contribution in [0.5, 0.6) is 0 Å². The van der Waals surface area contributed by atoms with Crippen molar-refractivity contribution < 1.29 is 67.1 Å². The van der Waals surface area contributed by atoms with E-state index in [0.29, 0.717) is 6.42 Å². The van der Waals surface area contributed by atoms with Gasteiger partial charge in [-0.1, -0.05) is 58.3 Å². The summed E-state index contributed by atoms with van der Waals surface area (Å²) in [5.41, 5.74) is 5.30. The third-order valence-corrected chi connectivity index (χ3v) is 3.07. The monoisotopic (exact) mass is 311 g/mol. The minimum Gasteiger partial charge on any atom is -1.00 e. The Bertz CT molecular complexity index is 263. The zero-order chi connectivity index (χ0) is 14.5. The topological polar surface area (TPSA) is 69.4 Å². The fourth-order valence-corrected chi connectivity index (χ4v) is 1.84. The largest absolute Gasteiger partial charge is 1.00 e. The van der Waals surface area contributed by atoms with Crippen molar-refractivity contribution in [1.82, 2.24) is 0 Å². The maximum absolute atomic E-state index is 11.3. The van der Waals surface area contributed by atoms with Gasteiger partial charge >= 0.3 is 63.3 Å². The van der Waals surface area contributed by atoms with Gasteiger partial charge in [0.25, 0.3) is 0 Å². The Morgan fingerprint density at radius 3 is 1.90 bits per heavy atom. The molecule has 114 valence electrons. The zero-order valence-corrected chi connectivity index (χ0v) is 16.6. The maximum Gasteiger partial charge on any atom is 1.00 e. The molecule has 0 rings (SSSR count). The molecule has 0 heterocycles. The van der Waals surface area contributed by atoms with Crippen molar-refractivity contribution in [2.45, 2.75) is 84.1 Å². The normalized spacial score (nSPS) is 11.6. The first-order chi connectivity index (χ1) is 9.07. The zero-order valence-electron chi connectivity index (χ0n) is 14.5. The van der Waals surface area contributed by atoms with Crippen molar-refractivity contribution in [2.75, 3.05) is 0 Å². The summed E-state index contributed by atoms with van der Waals surface area (Å²) < 4.78 is 4.58. The molecular weight excluding hydrogens is 281 g/mol. The standard InChI is InChI=1S/C15H29NO3.K.H/c1-3-4-5-6-7-8-9-10-11-12-14(17)19-15(18)13(2)16;;/h13H,3-12,16H2,1-2H3;;/q;+1;-1/t13-;;/m0../s1. The van der Waals surface area contributed by atoms with Crippen molar-refractivity contribution in [3.8, 4) is 0 Å². The molecule has 0 aromatic rings. The Labute approximate surface area is 167 Å². The summed E-state index contributed by atoms with van der Waals surface area (Å²) in [7, 11) is 0. The average molecular weight is 312 g/mol. The van der Waals surface area contributed by atoms with Crippen LogP contribution >= 0.6 is 0 Å². The molecular formula is C15H30KNO3. The quantitative estimate of drug-likeness (QED) is 0.260. The number of esters is 2. The molecule has 5 heteroatoms. The molecule has 2 N–H and O–H groups in total. The van der Waals surface area contributed by atoms with E-state index >= 15 is 0 Å². The van der Waals surface area contributed by atoms with Crippen LogP contribution in [0.1, 0.15) is 79.5 Å². The molecule has 20 heavy (non-hydrogen) atoms. The van der Waals surface area contributed by atoms with Crippen LogP contribution < -0.4 is 57.1 Å². The summed E-state index contributed by atoms with van der Waals surface area (Å²) in [5, 5.41) is 0. The van der Waals surface area contributed by atoms with Crippen molar-refractivity contribution in [1.29, 1.82) is 0 Å². The Kier molecular flexibility index (Phi) is 18.5. The molecule has 0 amide bonds. The van der Waals surface area contributed by atoms with Gasteiger partial charge in [-0.25, -0.2) is 4.79 Å². The van der Waals surface area contributed by atoms with Gasteiger partial charge in [-0.2, -0.15) is 0 Å². The van der Waals surface area contributed by atoms with E-state index in [1.165, 1.54) is 45.4 Å². The minimum atomic E-state index is -0.730. The number of nitrogens with two attached hydrogens (primary N) is 1. The molecule has 0 aliphatic rings. The van der Waals surface area contributed by atoms with E-state index in [1.54, 1.807) is 0 Å². The second-order valence-corrected chi connectivity index (χ2v) is 5.16. The van der Waals surface area contributed by atoms with E-state index in [-0.39, 0.29) is 52.8 Å². The SMILES string of the molecule is CCCCCCCCCCCC(=O)OC(=O)[C@H](C)N.[H-].[K+]. The van der Waals surface area contributed by atoms with Crippen LogP contribution in [0.25, 0.3) is 0 Å². The summed E-state index contributed by atoms with van der Waals surface area (Å²) >= 11 is 0. The van der Waals surface area contributed by atoms with Crippen LogP contribution in [0.3, 0.4) is 0 Å². The number of carbonyl (C=O) groups is 2. The van der Waals surface area contributed by atoms with Gasteiger partial charge in [0.2, 0.25) is 0 Å². The molecule has 0 radical (unpaired) electrons. The first-order valence-corrected chi connectivity index (χ1v) is 7.58. The third kappa shape index (κ3) is 15.1. The van der Waals surface area contributed by atoms with Crippen molar-refractivity contribution in [3.63, 3.8) is 0 Å². The van der Waals surface area contributed by atoms with Crippen LogP contribution in [-0.2, 0) is 14.3 Å². The van der Waals surface area contributed by atoms with E-state index in [1.807, 2.05) is 0 Å². The summed E-state index contributed by atoms with van der Waals surface area (Å²) in [5.74, 6) is -1.09. The predicted octanol–water partition coefficient (Wildman–Crippen LogP) is 0.441. The number of hydrogen-bond donors (Lipinski definition) is 1. The second-order valence-electron chi connectivity index (χ2n) is 5.16. The smallest absolute Gasteiger partial charge is 1.00 e. The summed E-state index contributed by atoms with van der Waals surface area (Å²) in [6.07, 6.45) is 11.1. The number of carbonyl (C=O) groups excluding carboxylic acids is 2. The van der Waals surface area contributed by atoms with Crippen LogP contribution in [-0.4, -0.2) is 18.0 Å².